The third-order valence-electron chi connectivity index (χ3n) is 0.904. The second-order valence-electron chi connectivity index (χ2n) is 1.75. The number of nitrogens with two attached hydrogens (primary N) is 2. The normalized spacial score (nSPS) is 7.33. The van der Waals surface area contributed by atoms with Gasteiger partial charge in [-0.3, -0.25) is 4.98 Å². The fourth-order valence-electron chi connectivity index (χ4n) is 0.569. The molecule has 12 heavy (non-hydrogen) atoms. The van der Waals surface area contributed by atoms with Crippen LogP contribution in [0.5, 0.6) is 0 Å². The van der Waals surface area contributed by atoms with Crippen molar-refractivity contribution in [3.8, 4) is 0 Å². The first-order chi connectivity index (χ1) is 4.79. The molecule has 1 rings (SSSR count). The highest BCUT2D eigenvalue weighted by molar-refractivity contribution is 5.85. The van der Waals surface area contributed by atoms with Crippen LogP contribution >= 0.6 is 24.8 Å². The number of halogens is 2. The molecule has 0 unspecified atom stereocenters. The fraction of sp³-hybridized carbons (Fsp3) is 0. The third-order valence-corrected chi connectivity index (χ3v) is 0.904. The third kappa shape index (κ3) is 4.76. The molecule has 0 radical (unpaired) electrons. The van der Waals surface area contributed by atoms with E-state index >= 15 is 0 Å². The van der Waals surface area contributed by atoms with Crippen LogP contribution in [0.4, 0.5) is 5.69 Å². The fourth-order valence-corrected chi connectivity index (χ4v) is 0.569. The van der Waals surface area contributed by atoms with E-state index in [0.29, 0.717) is 5.69 Å². The molecule has 0 aliphatic rings. The van der Waals surface area contributed by atoms with Gasteiger partial charge in [0.15, 0.2) is 5.96 Å². The van der Waals surface area contributed by atoms with Crippen molar-refractivity contribution in [3.05, 3.63) is 24.5 Å². The van der Waals surface area contributed by atoms with Gasteiger partial charge in [-0.15, -0.1) is 24.8 Å². The Kier molecular flexibility index (Phi) is 7.58. The summed E-state index contributed by atoms with van der Waals surface area (Å²) >= 11 is 0. The molecule has 0 spiro atoms. The molecule has 1 aromatic rings. The molecule has 0 atom stereocenters. The average Bonchev–Trinajstić information content (AvgIpc) is 1.88. The van der Waals surface area contributed by atoms with Crippen molar-refractivity contribution in [1.29, 1.82) is 0 Å². The van der Waals surface area contributed by atoms with Crippen molar-refractivity contribution < 1.29 is 0 Å². The van der Waals surface area contributed by atoms with Crippen molar-refractivity contribution in [2.24, 2.45) is 16.5 Å². The summed E-state index contributed by atoms with van der Waals surface area (Å²) in [7, 11) is 0. The average molecular weight is 209 g/mol. The van der Waals surface area contributed by atoms with Crippen molar-refractivity contribution in [2.75, 3.05) is 0 Å². The van der Waals surface area contributed by atoms with E-state index in [9.17, 15) is 0 Å². The molecule has 0 fully saturated rings. The van der Waals surface area contributed by atoms with Gasteiger partial charge in [0, 0.05) is 6.20 Å². The van der Waals surface area contributed by atoms with Gasteiger partial charge >= 0.3 is 0 Å². The Balaban J connectivity index is 0. The number of aliphatic imine (C=N–C) groups is 1. The van der Waals surface area contributed by atoms with Crippen LogP contribution < -0.4 is 11.5 Å². The molecular formula is C6H10Cl2N4. The van der Waals surface area contributed by atoms with Crippen LogP contribution in [0.2, 0.25) is 0 Å². The van der Waals surface area contributed by atoms with Crippen LogP contribution in [-0.2, 0) is 0 Å². The first kappa shape index (κ1) is 13.6. The summed E-state index contributed by atoms with van der Waals surface area (Å²) < 4.78 is 0. The van der Waals surface area contributed by atoms with Crippen LogP contribution in [0.3, 0.4) is 0 Å². The van der Waals surface area contributed by atoms with Crippen molar-refractivity contribution in [3.63, 3.8) is 0 Å². The van der Waals surface area contributed by atoms with Gasteiger partial charge in [-0.1, -0.05) is 0 Å². The quantitative estimate of drug-likeness (QED) is 0.531. The number of pyridine rings is 1. The molecule has 1 aromatic heterocycles. The summed E-state index contributed by atoms with van der Waals surface area (Å²) in [5.41, 5.74) is 10.9. The van der Waals surface area contributed by atoms with E-state index in [1.165, 1.54) is 0 Å². The predicted molar refractivity (Wildman–Crippen MR) is 54.2 cm³/mol. The van der Waals surface area contributed by atoms with Gasteiger partial charge in [0.1, 0.15) is 0 Å². The first-order valence-corrected chi connectivity index (χ1v) is 2.78. The Labute approximate surface area is 82.9 Å². The van der Waals surface area contributed by atoms with Crippen LogP contribution in [0.1, 0.15) is 0 Å². The van der Waals surface area contributed by atoms with Gasteiger partial charge in [0.2, 0.25) is 0 Å². The molecular weight excluding hydrogens is 199 g/mol. The van der Waals surface area contributed by atoms with Gasteiger partial charge in [0.05, 0.1) is 11.9 Å². The Morgan fingerprint density at radius 1 is 1.33 bits per heavy atom. The minimum absolute atomic E-state index is 0. The molecule has 0 amide bonds. The van der Waals surface area contributed by atoms with E-state index in [1.807, 2.05) is 0 Å². The molecule has 0 saturated carbocycles. The maximum atomic E-state index is 5.12. The van der Waals surface area contributed by atoms with Gasteiger partial charge in [0.25, 0.3) is 0 Å². The summed E-state index contributed by atoms with van der Waals surface area (Å²) in [5.74, 6) is 0.0491. The molecule has 68 valence electrons. The molecule has 4 nitrogen and oxygen atoms in total. The monoisotopic (exact) mass is 208 g/mol. The second-order valence-corrected chi connectivity index (χ2v) is 1.75. The molecule has 0 saturated heterocycles. The number of nitrogens with zero attached hydrogens (tertiary/aromatic N) is 2. The predicted octanol–water partition coefficient (Wildman–Crippen LogP) is 0.830. The summed E-state index contributed by atoms with van der Waals surface area (Å²) in [6.07, 6.45) is 3.24. The SMILES string of the molecule is Cl.Cl.NC(N)=Nc1cccnc1. The lowest BCUT2D eigenvalue weighted by molar-refractivity contribution is 1.29. The van der Waals surface area contributed by atoms with E-state index in [2.05, 4.69) is 9.98 Å². The number of guanidine groups is 1. The van der Waals surface area contributed by atoms with Gasteiger partial charge in [-0.05, 0) is 12.1 Å². The van der Waals surface area contributed by atoms with E-state index in [-0.39, 0.29) is 30.8 Å². The molecule has 0 bridgehead atoms. The van der Waals surface area contributed by atoms with Crippen molar-refractivity contribution in [2.45, 2.75) is 0 Å². The zero-order chi connectivity index (χ0) is 7.40. The Bertz CT molecular complexity index is 233. The molecule has 0 aliphatic carbocycles. The molecule has 4 N–H and O–H groups in total. The van der Waals surface area contributed by atoms with Crippen LogP contribution in [0, 0.1) is 0 Å². The molecule has 0 aliphatic heterocycles. The highest BCUT2D eigenvalue weighted by Crippen LogP contribution is 2.05. The largest absolute Gasteiger partial charge is 0.370 e. The maximum absolute atomic E-state index is 5.12. The van der Waals surface area contributed by atoms with Gasteiger partial charge < -0.3 is 11.5 Å². The summed E-state index contributed by atoms with van der Waals surface area (Å²) in [6, 6.07) is 3.54. The minimum Gasteiger partial charge on any atom is -0.370 e. The van der Waals surface area contributed by atoms with Crippen molar-refractivity contribution in [1.82, 2.24) is 4.98 Å². The summed E-state index contributed by atoms with van der Waals surface area (Å²) in [5, 5.41) is 0. The summed E-state index contributed by atoms with van der Waals surface area (Å²) in [4.78, 5) is 7.59. The molecule has 0 aromatic carbocycles. The lowest BCUT2D eigenvalue weighted by Gasteiger charge is -1.90. The first-order valence-electron chi connectivity index (χ1n) is 2.78. The van der Waals surface area contributed by atoms with Crippen LogP contribution in [-0.4, -0.2) is 10.9 Å². The highest BCUT2D eigenvalue weighted by atomic mass is 35.5. The lowest BCUT2D eigenvalue weighted by atomic mass is 10.4. The topological polar surface area (TPSA) is 77.3 Å². The number of rotatable bonds is 1. The number of hydrogen-bond acceptors (Lipinski definition) is 2. The van der Waals surface area contributed by atoms with Crippen molar-refractivity contribution >= 4 is 36.5 Å². The maximum Gasteiger partial charge on any atom is 0.191 e. The van der Waals surface area contributed by atoms with E-state index in [0.717, 1.165) is 0 Å². The van der Waals surface area contributed by atoms with Gasteiger partial charge in [-0.25, -0.2) is 4.99 Å². The zero-order valence-electron chi connectivity index (χ0n) is 6.18. The summed E-state index contributed by atoms with van der Waals surface area (Å²) in [6.45, 7) is 0. The van der Waals surface area contributed by atoms with Crippen LogP contribution in [0.25, 0.3) is 0 Å². The van der Waals surface area contributed by atoms with Crippen LogP contribution in [0.15, 0.2) is 29.5 Å². The number of aromatic nitrogens is 1. The minimum atomic E-state index is 0. The lowest BCUT2D eigenvalue weighted by Crippen LogP contribution is -2.21. The molecule has 6 heteroatoms. The standard InChI is InChI=1S/C6H8N4.2ClH/c7-6(8)10-5-2-1-3-9-4-5;;/h1-4H,(H4,7,8,10);2*1H. The van der Waals surface area contributed by atoms with E-state index in [1.54, 1.807) is 24.5 Å². The Hall–Kier alpha value is -1.00. The molecule has 1 heterocycles. The second kappa shape index (κ2) is 6.69. The van der Waals surface area contributed by atoms with E-state index in [4.69, 9.17) is 11.5 Å². The van der Waals surface area contributed by atoms with Gasteiger partial charge in [-0.2, -0.15) is 0 Å². The zero-order valence-corrected chi connectivity index (χ0v) is 7.81. The number of hydrogen-bond donors (Lipinski definition) is 2. The Morgan fingerprint density at radius 2 is 2.00 bits per heavy atom. The smallest absolute Gasteiger partial charge is 0.191 e. The highest BCUT2D eigenvalue weighted by Gasteiger charge is 1.84. The van der Waals surface area contributed by atoms with E-state index < -0.39 is 0 Å². The Morgan fingerprint density at radius 3 is 2.42 bits per heavy atom.